The van der Waals surface area contributed by atoms with Crippen LogP contribution in [0.25, 0.3) is 0 Å². The predicted octanol–water partition coefficient (Wildman–Crippen LogP) is 2.54. The van der Waals surface area contributed by atoms with Crippen molar-refractivity contribution in [2.45, 2.75) is 76.0 Å². The monoisotopic (exact) mass is 412 g/mol. The largest absolute Gasteiger partial charge is 0.394 e. The van der Waals surface area contributed by atoms with E-state index in [-0.39, 0.29) is 0 Å². The lowest BCUT2D eigenvalue weighted by Crippen LogP contribution is -2.55. The maximum Gasteiger partial charge on any atom is 0.113 e. The van der Waals surface area contributed by atoms with Crippen molar-refractivity contribution in [3.05, 3.63) is 69.8 Å². The van der Waals surface area contributed by atoms with Crippen molar-refractivity contribution in [2.24, 2.45) is 0 Å². The van der Waals surface area contributed by atoms with Crippen LogP contribution in [0.4, 0.5) is 0 Å². The first-order valence-electron chi connectivity index (χ1n) is 10.9. The number of rotatable bonds is 6. The standard InChI is InChI=1S/C25H32O5/c1-3-15-4-6-16(7-5-15)11-18-12-20(19(10-14(18)2)17-8-9-17)25-24(29)23(28)22(27)21(13-26)30-25/h4-7,10,12,17,21-29H,3,8-9,11,13H2,1-2H3/t21-,22-,23+,24-,25+/m1/s1. The van der Waals surface area contributed by atoms with Crippen LogP contribution in [-0.2, 0) is 17.6 Å². The van der Waals surface area contributed by atoms with Gasteiger partial charge in [0.05, 0.1) is 6.61 Å². The third-order valence-electron chi connectivity index (χ3n) is 6.58. The van der Waals surface area contributed by atoms with Crippen LogP contribution in [0.1, 0.15) is 65.2 Å². The molecule has 1 aliphatic carbocycles. The van der Waals surface area contributed by atoms with Gasteiger partial charge < -0.3 is 25.2 Å². The summed E-state index contributed by atoms with van der Waals surface area (Å²) in [6, 6.07) is 12.9. The molecule has 0 radical (unpaired) electrons. The molecule has 0 amide bonds. The molecule has 2 aliphatic rings. The van der Waals surface area contributed by atoms with Crippen LogP contribution in [0, 0.1) is 6.92 Å². The molecule has 0 spiro atoms. The number of hydrogen-bond donors (Lipinski definition) is 4. The van der Waals surface area contributed by atoms with E-state index in [1.165, 1.54) is 16.7 Å². The summed E-state index contributed by atoms with van der Waals surface area (Å²) in [6.45, 7) is 3.84. The van der Waals surface area contributed by atoms with Gasteiger partial charge in [0.25, 0.3) is 0 Å². The summed E-state index contributed by atoms with van der Waals surface area (Å²) in [6.07, 6.45) is -1.65. The number of aliphatic hydroxyl groups excluding tert-OH is 4. The summed E-state index contributed by atoms with van der Waals surface area (Å²) in [5, 5.41) is 40.7. The van der Waals surface area contributed by atoms with Crippen LogP contribution < -0.4 is 0 Å². The lowest BCUT2D eigenvalue weighted by Gasteiger charge is -2.41. The van der Waals surface area contributed by atoms with Gasteiger partial charge in [0, 0.05) is 0 Å². The Morgan fingerprint density at radius 3 is 2.17 bits per heavy atom. The molecule has 1 saturated carbocycles. The lowest BCUT2D eigenvalue weighted by atomic mass is 9.85. The van der Waals surface area contributed by atoms with E-state index in [0.717, 1.165) is 42.4 Å². The van der Waals surface area contributed by atoms with E-state index in [4.69, 9.17) is 4.74 Å². The maximum atomic E-state index is 10.7. The fraction of sp³-hybridized carbons (Fsp3) is 0.520. The van der Waals surface area contributed by atoms with Gasteiger partial charge in [0.15, 0.2) is 0 Å². The Balaban J connectivity index is 1.69. The van der Waals surface area contributed by atoms with Crippen LogP contribution in [-0.4, -0.2) is 51.4 Å². The molecule has 2 aromatic carbocycles. The first-order valence-corrected chi connectivity index (χ1v) is 10.9. The molecular weight excluding hydrogens is 380 g/mol. The summed E-state index contributed by atoms with van der Waals surface area (Å²) in [7, 11) is 0. The van der Waals surface area contributed by atoms with Gasteiger partial charge in [-0.05, 0) is 71.9 Å². The van der Waals surface area contributed by atoms with Gasteiger partial charge in [-0.3, -0.25) is 0 Å². The predicted molar refractivity (Wildman–Crippen MR) is 115 cm³/mol. The van der Waals surface area contributed by atoms with Gasteiger partial charge in [-0.2, -0.15) is 0 Å². The summed E-state index contributed by atoms with van der Waals surface area (Å²) < 4.78 is 5.90. The Labute approximate surface area is 178 Å². The molecule has 30 heavy (non-hydrogen) atoms. The Bertz CT molecular complexity index is 872. The van der Waals surface area contributed by atoms with Gasteiger partial charge >= 0.3 is 0 Å². The smallest absolute Gasteiger partial charge is 0.113 e. The van der Waals surface area contributed by atoms with E-state index < -0.39 is 37.1 Å². The molecule has 1 aliphatic heterocycles. The Morgan fingerprint density at radius 1 is 0.900 bits per heavy atom. The minimum atomic E-state index is -1.36. The average Bonchev–Trinajstić information content (AvgIpc) is 3.59. The quantitative estimate of drug-likeness (QED) is 0.586. The van der Waals surface area contributed by atoms with Gasteiger partial charge in [-0.15, -0.1) is 0 Å². The van der Waals surface area contributed by atoms with Crippen LogP contribution >= 0.6 is 0 Å². The molecule has 0 bridgehead atoms. The molecule has 162 valence electrons. The highest BCUT2D eigenvalue weighted by atomic mass is 16.5. The highest BCUT2D eigenvalue weighted by Crippen LogP contribution is 2.46. The van der Waals surface area contributed by atoms with E-state index in [2.05, 4.69) is 50.2 Å². The lowest BCUT2D eigenvalue weighted by molar-refractivity contribution is -0.231. The summed E-state index contributed by atoms with van der Waals surface area (Å²) in [5.74, 6) is 0.434. The zero-order valence-electron chi connectivity index (χ0n) is 17.7. The second-order valence-electron chi connectivity index (χ2n) is 8.78. The Morgan fingerprint density at radius 2 is 1.57 bits per heavy atom. The van der Waals surface area contributed by atoms with Crippen molar-refractivity contribution >= 4 is 0 Å². The van der Waals surface area contributed by atoms with E-state index >= 15 is 0 Å². The third-order valence-corrected chi connectivity index (χ3v) is 6.58. The topological polar surface area (TPSA) is 90.2 Å². The van der Waals surface area contributed by atoms with Gasteiger partial charge in [0.1, 0.15) is 30.5 Å². The Kier molecular flexibility index (Phi) is 6.28. The van der Waals surface area contributed by atoms with Gasteiger partial charge in [-0.25, -0.2) is 0 Å². The average molecular weight is 413 g/mol. The van der Waals surface area contributed by atoms with E-state index in [0.29, 0.717) is 5.92 Å². The molecule has 5 heteroatoms. The van der Waals surface area contributed by atoms with Crippen molar-refractivity contribution in [1.82, 2.24) is 0 Å². The molecule has 4 rings (SSSR count). The highest BCUT2D eigenvalue weighted by molar-refractivity contribution is 5.45. The van der Waals surface area contributed by atoms with Crippen molar-refractivity contribution in [3.8, 4) is 0 Å². The summed E-state index contributed by atoms with van der Waals surface area (Å²) >= 11 is 0. The molecule has 0 aromatic heterocycles. The number of benzene rings is 2. The summed E-state index contributed by atoms with van der Waals surface area (Å²) in [5.41, 5.74) is 6.87. The van der Waals surface area contributed by atoms with E-state index in [1.54, 1.807) is 0 Å². The minimum Gasteiger partial charge on any atom is -0.394 e. The third kappa shape index (κ3) is 4.18. The van der Waals surface area contributed by atoms with Crippen LogP contribution in [0.2, 0.25) is 0 Å². The molecule has 5 atom stereocenters. The molecule has 5 nitrogen and oxygen atoms in total. The molecule has 1 heterocycles. The molecule has 4 N–H and O–H groups in total. The maximum absolute atomic E-state index is 10.7. The zero-order valence-corrected chi connectivity index (χ0v) is 17.7. The first-order chi connectivity index (χ1) is 14.4. The summed E-state index contributed by atoms with van der Waals surface area (Å²) in [4.78, 5) is 0. The van der Waals surface area contributed by atoms with Gasteiger partial charge in [-0.1, -0.05) is 43.3 Å². The van der Waals surface area contributed by atoms with Crippen LogP contribution in [0.15, 0.2) is 36.4 Å². The second-order valence-corrected chi connectivity index (χ2v) is 8.78. The van der Waals surface area contributed by atoms with Crippen molar-refractivity contribution in [3.63, 3.8) is 0 Å². The first kappa shape index (κ1) is 21.5. The molecule has 2 aromatic rings. The molecule has 2 fully saturated rings. The fourth-order valence-electron chi connectivity index (χ4n) is 4.45. The Hall–Kier alpha value is -1.76. The molecule has 1 saturated heterocycles. The number of ether oxygens (including phenoxy) is 1. The van der Waals surface area contributed by atoms with Crippen molar-refractivity contribution in [1.29, 1.82) is 0 Å². The SMILES string of the molecule is CCc1ccc(Cc2cc([C@@H]3O[C@H](CO)[C@@H](O)[C@H](O)[C@H]3O)c(C3CC3)cc2C)cc1. The zero-order chi connectivity index (χ0) is 21.4. The van der Waals surface area contributed by atoms with Crippen LogP contribution in [0.5, 0.6) is 0 Å². The molecular formula is C25H32O5. The fourth-order valence-corrected chi connectivity index (χ4v) is 4.45. The van der Waals surface area contributed by atoms with Gasteiger partial charge in [0.2, 0.25) is 0 Å². The van der Waals surface area contributed by atoms with Crippen LogP contribution in [0.3, 0.4) is 0 Å². The number of aryl methyl sites for hydroxylation is 2. The van der Waals surface area contributed by atoms with Crippen molar-refractivity contribution in [2.75, 3.05) is 6.61 Å². The molecule has 0 unspecified atom stereocenters. The normalized spacial score (nSPS) is 29.2. The van der Waals surface area contributed by atoms with E-state index in [9.17, 15) is 20.4 Å². The number of aliphatic hydroxyl groups is 4. The minimum absolute atomic E-state index is 0.414. The van der Waals surface area contributed by atoms with E-state index in [1.807, 2.05) is 0 Å². The van der Waals surface area contributed by atoms with Crippen molar-refractivity contribution < 1.29 is 25.2 Å². The highest BCUT2D eigenvalue weighted by Gasteiger charge is 2.45. The number of hydrogen-bond acceptors (Lipinski definition) is 5. The second kappa shape index (κ2) is 8.77.